The third kappa shape index (κ3) is 6.42. The normalized spacial score (nSPS) is 19.8. The molecule has 1 rings (SSSR count). The van der Waals surface area contributed by atoms with Crippen molar-refractivity contribution in [1.82, 2.24) is 10.6 Å². The largest absolute Gasteiger partial charge is 0.355 e. The quantitative estimate of drug-likeness (QED) is 0.594. The first-order chi connectivity index (χ1) is 8.91. The van der Waals surface area contributed by atoms with Gasteiger partial charge in [0.1, 0.15) is 0 Å². The number of carbonyl (C=O) groups is 1. The van der Waals surface area contributed by atoms with E-state index in [4.69, 9.17) is 0 Å². The van der Waals surface area contributed by atoms with Crippen LogP contribution in [0.15, 0.2) is 0 Å². The van der Waals surface area contributed by atoms with Crippen molar-refractivity contribution < 1.29 is 4.79 Å². The fourth-order valence-electron chi connectivity index (χ4n) is 2.49. The topological polar surface area (TPSA) is 41.1 Å². The van der Waals surface area contributed by atoms with Crippen molar-refractivity contribution in [2.75, 3.05) is 13.1 Å². The van der Waals surface area contributed by atoms with E-state index in [1.165, 1.54) is 38.5 Å². The van der Waals surface area contributed by atoms with Crippen molar-refractivity contribution in [3.05, 3.63) is 0 Å². The maximum absolute atomic E-state index is 12.0. The summed E-state index contributed by atoms with van der Waals surface area (Å²) in [5.41, 5.74) is 0.0405. The van der Waals surface area contributed by atoms with Crippen LogP contribution < -0.4 is 10.6 Å². The van der Waals surface area contributed by atoms with Crippen molar-refractivity contribution in [2.24, 2.45) is 11.3 Å². The van der Waals surface area contributed by atoms with E-state index in [1.54, 1.807) is 0 Å². The molecule has 1 amide bonds. The number of rotatable bonds is 5. The molecule has 2 N–H and O–H groups in total. The second kappa shape index (κ2) is 7.88. The Balaban J connectivity index is 2.14. The number of nitrogens with one attached hydrogen (secondary N) is 2. The molecule has 112 valence electrons. The zero-order valence-electron chi connectivity index (χ0n) is 13.2. The van der Waals surface area contributed by atoms with E-state index in [-0.39, 0.29) is 17.2 Å². The monoisotopic (exact) mass is 268 g/mol. The third-order valence-electron chi connectivity index (χ3n) is 4.40. The highest BCUT2D eigenvalue weighted by molar-refractivity contribution is 5.78. The fourth-order valence-corrected chi connectivity index (χ4v) is 2.49. The van der Waals surface area contributed by atoms with E-state index >= 15 is 0 Å². The van der Waals surface area contributed by atoms with E-state index in [0.717, 1.165) is 13.1 Å². The molecule has 1 aliphatic carbocycles. The standard InChI is InChI=1S/C16H32N2O/c1-13(16(2,3)4)15(19)18-12-11-17-14-9-7-5-6-8-10-14/h13-14,17H,5-12H2,1-4H3,(H,18,19). The van der Waals surface area contributed by atoms with Gasteiger partial charge in [-0.1, -0.05) is 53.4 Å². The highest BCUT2D eigenvalue weighted by atomic mass is 16.1. The summed E-state index contributed by atoms with van der Waals surface area (Å²) in [6.07, 6.45) is 8.07. The predicted molar refractivity (Wildman–Crippen MR) is 81.1 cm³/mol. The molecule has 0 aromatic rings. The summed E-state index contributed by atoms with van der Waals surface area (Å²) in [4.78, 5) is 12.0. The van der Waals surface area contributed by atoms with Gasteiger partial charge in [0.05, 0.1) is 0 Å². The SMILES string of the molecule is CC(C(=O)NCCNC1CCCCCC1)C(C)(C)C. The van der Waals surface area contributed by atoms with Crippen LogP contribution in [0.25, 0.3) is 0 Å². The molecule has 0 aromatic carbocycles. The van der Waals surface area contributed by atoms with Crippen LogP contribution in [-0.4, -0.2) is 25.0 Å². The fraction of sp³-hybridized carbons (Fsp3) is 0.938. The first kappa shape index (κ1) is 16.5. The van der Waals surface area contributed by atoms with Gasteiger partial charge in [0.2, 0.25) is 5.91 Å². The molecule has 0 radical (unpaired) electrons. The summed E-state index contributed by atoms with van der Waals surface area (Å²) in [7, 11) is 0. The summed E-state index contributed by atoms with van der Waals surface area (Å²) in [5.74, 6) is 0.237. The predicted octanol–water partition coefficient (Wildman–Crippen LogP) is 3.10. The molecule has 0 saturated heterocycles. The molecule has 0 aliphatic heterocycles. The van der Waals surface area contributed by atoms with Crippen LogP contribution >= 0.6 is 0 Å². The van der Waals surface area contributed by atoms with Gasteiger partial charge in [-0.25, -0.2) is 0 Å². The molecule has 1 fully saturated rings. The van der Waals surface area contributed by atoms with Gasteiger partial charge in [0, 0.05) is 25.0 Å². The minimum Gasteiger partial charge on any atom is -0.355 e. The van der Waals surface area contributed by atoms with Gasteiger partial charge in [-0.05, 0) is 18.3 Å². The Kier molecular flexibility index (Phi) is 6.84. The van der Waals surface area contributed by atoms with Crippen molar-refractivity contribution in [3.63, 3.8) is 0 Å². The molecule has 0 heterocycles. The molecular formula is C16H32N2O. The lowest BCUT2D eigenvalue weighted by Crippen LogP contribution is -2.41. The number of amides is 1. The van der Waals surface area contributed by atoms with Crippen molar-refractivity contribution in [1.29, 1.82) is 0 Å². The van der Waals surface area contributed by atoms with Gasteiger partial charge >= 0.3 is 0 Å². The third-order valence-corrected chi connectivity index (χ3v) is 4.40. The summed E-state index contributed by atoms with van der Waals surface area (Å²) in [5, 5.41) is 6.62. The zero-order valence-corrected chi connectivity index (χ0v) is 13.2. The minimum atomic E-state index is 0.0405. The molecule has 0 aromatic heterocycles. The van der Waals surface area contributed by atoms with Crippen LogP contribution in [0.1, 0.15) is 66.2 Å². The van der Waals surface area contributed by atoms with Crippen LogP contribution in [0.4, 0.5) is 0 Å². The number of hydrogen-bond acceptors (Lipinski definition) is 2. The average Bonchev–Trinajstić information content (AvgIpc) is 2.60. The van der Waals surface area contributed by atoms with Crippen LogP contribution in [0.2, 0.25) is 0 Å². The van der Waals surface area contributed by atoms with Gasteiger partial charge in [-0.15, -0.1) is 0 Å². The first-order valence-electron chi connectivity index (χ1n) is 7.92. The Bertz CT molecular complexity index is 262. The maximum atomic E-state index is 12.0. The van der Waals surface area contributed by atoms with Crippen LogP contribution in [0.5, 0.6) is 0 Å². The lowest BCUT2D eigenvalue weighted by atomic mass is 9.81. The lowest BCUT2D eigenvalue weighted by molar-refractivity contribution is -0.127. The van der Waals surface area contributed by atoms with Crippen molar-refractivity contribution >= 4 is 5.91 Å². The molecule has 19 heavy (non-hydrogen) atoms. The van der Waals surface area contributed by atoms with Crippen LogP contribution in [-0.2, 0) is 4.79 Å². The van der Waals surface area contributed by atoms with Gasteiger partial charge in [0.25, 0.3) is 0 Å². The molecular weight excluding hydrogens is 236 g/mol. The Labute approximate surface area is 118 Å². The highest BCUT2D eigenvalue weighted by Crippen LogP contribution is 2.25. The van der Waals surface area contributed by atoms with Crippen LogP contribution in [0.3, 0.4) is 0 Å². The number of carbonyl (C=O) groups excluding carboxylic acids is 1. The molecule has 0 spiro atoms. The van der Waals surface area contributed by atoms with Gasteiger partial charge < -0.3 is 10.6 Å². The van der Waals surface area contributed by atoms with E-state index in [1.807, 2.05) is 6.92 Å². The minimum absolute atomic E-state index is 0.0405. The second-order valence-electron chi connectivity index (χ2n) is 7.02. The molecule has 3 nitrogen and oxygen atoms in total. The smallest absolute Gasteiger partial charge is 0.223 e. The Morgan fingerprint density at radius 1 is 1.11 bits per heavy atom. The molecule has 0 bridgehead atoms. The molecule has 3 heteroatoms. The van der Waals surface area contributed by atoms with E-state index < -0.39 is 0 Å². The van der Waals surface area contributed by atoms with E-state index in [0.29, 0.717) is 6.04 Å². The van der Waals surface area contributed by atoms with Crippen molar-refractivity contribution in [2.45, 2.75) is 72.3 Å². The van der Waals surface area contributed by atoms with Crippen molar-refractivity contribution in [3.8, 4) is 0 Å². The highest BCUT2D eigenvalue weighted by Gasteiger charge is 2.26. The van der Waals surface area contributed by atoms with Gasteiger partial charge in [-0.2, -0.15) is 0 Å². The first-order valence-corrected chi connectivity index (χ1v) is 7.92. The Morgan fingerprint density at radius 2 is 1.68 bits per heavy atom. The Hall–Kier alpha value is -0.570. The maximum Gasteiger partial charge on any atom is 0.223 e. The number of hydrogen-bond donors (Lipinski definition) is 2. The molecule has 1 aliphatic rings. The molecule has 1 atom stereocenters. The molecule has 1 saturated carbocycles. The average molecular weight is 268 g/mol. The Morgan fingerprint density at radius 3 is 2.21 bits per heavy atom. The lowest BCUT2D eigenvalue weighted by Gasteiger charge is -2.26. The molecule has 1 unspecified atom stereocenters. The summed E-state index contributed by atoms with van der Waals surface area (Å²) in [6, 6.07) is 0.666. The summed E-state index contributed by atoms with van der Waals surface area (Å²) >= 11 is 0. The van der Waals surface area contributed by atoms with Gasteiger partial charge in [0.15, 0.2) is 0 Å². The second-order valence-corrected chi connectivity index (χ2v) is 7.02. The van der Waals surface area contributed by atoms with Gasteiger partial charge in [-0.3, -0.25) is 4.79 Å². The van der Waals surface area contributed by atoms with E-state index in [2.05, 4.69) is 31.4 Å². The summed E-state index contributed by atoms with van der Waals surface area (Å²) in [6.45, 7) is 9.99. The van der Waals surface area contributed by atoms with E-state index in [9.17, 15) is 4.79 Å². The van der Waals surface area contributed by atoms with Crippen LogP contribution in [0, 0.1) is 11.3 Å². The zero-order chi connectivity index (χ0) is 14.3. The summed E-state index contributed by atoms with van der Waals surface area (Å²) < 4.78 is 0.